The van der Waals surface area contributed by atoms with E-state index < -0.39 is 96.0 Å². The van der Waals surface area contributed by atoms with E-state index >= 15 is 0 Å². The van der Waals surface area contributed by atoms with E-state index in [1.54, 1.807) is 30.3 Å². The van der Waals surface area contributed by atoms with Gasteiger partial charge in [0, 0.05) is 44.2 Å². The number of guanidine groups is 1. The molecular weight excluding hydrogens is 868 g/mol. The van der Waals surface area contributed by atoms with Crippen LogP contribution in [0.15, 0.2) is 47.8 Å². The van der Waals surface area contributed by atoms with Gasteiger partial charge in [-0.2, -0.15) is 0 Å². The molecule has 0 aliphatic carbocycles. The molecule has 2 saturated heterocycles. The Morgan fingerprint density at radius 1 is 0.815 bits per heavy atom. The van der Waals surface area contributed by atoms with Gasteiger partial charge in [0.25, 0.3) is 0 Å². The van der Waals surface area contributed by atoms with Gasteiger partial charge in [-0.25, -0.2) is 4.98 Å². The molecule has 2 aromatic rings. The number of aliphatic imine (C=N–C) groups is 1. The summed E-state index contributed by atoms with van der Waals surface area (Å²) in [6, 6.07) is 0.143. The van der Waals surface area contributed by atoms with Gasteiger partial charge in [-0.1, -0.05) is 44.2 Å². The molecule has 356 valence electrons. The van der Waals surface area contributed by atoms with Crippen molar-refractivity contribution in [1.29, 1.82) is 0 Å². The number of amides is 9. The lowest BCUT2D eigenvalue weighted by Crippen LogP contribution is -2.60. The third kappa shape index (κ3) is 16.7. The number of carbonyl (C=O) groups is 9. The number of hydrogen-bond acceptors (Lipinski definition) is 11. The lowest BCUT2D eigenvalue weighted by Gasteiger charge is -2.30. The minimum atomic E-state index is -1.53. The first-order chi connectivity index (χ1) is 30.4. The van der Waals surface area contributed by atoms with Crippen molar-refractivity contribution in [3.8, 4) is 0 Å². The molecule has 23 nitrogen and oxygen atoms in total. The Hall–Kier alpha value is -6.78. The van der Waals surface area contributed by atoms with Crippen LogP contribution in [-0.2, 0) is 56.0 Å². The standard InChI is InChI=1S/C41H60N14O9.ClH/c1-22(2)16-27(36(60)50-26(10-6-14-47-41(44)45)40(64)55-15-7-11-31(55)34(43)58)51-38(62)29(18-24-20-46-21-48-24)53-37(61)28(17-23-8-4-3-5-9-23)52-39(63)30(19-32(42)56)54-35(59)25-12-13-33(57)49-25;/h3-5,8-9,20-22,25-31H,6-7,10-19H2,1-2H3,(H2,42,56)(H2,43,58)(H,46,48)(H,49,57)(H,50,60)(H,51,62)(H,52,63)(H,53,61)(H,54,59)(H4,44,45,47);1H/t25-,26-,27-,28-,29-,30-,31-;/m0./s1. The minimum Gasteiger partial charge on any atom is -0.370 e. The molecule has 2 aliphatic heterocycles. The van der Waals surface area contributed by atoms with Gasteiger partial charge >= 0.3 is 0 Å². The fourth-order valence-electron chi connectivity index (χ4n) is 7.46. The summed E-state index contributed by atoms with van der Waals surface area (Å²) < 4.78 is 0. The molecule has 65 heavy (non-hydrogen) atoms. The van der Waals surface area contributed by atoms with Crippen molar-refractivity contribution in [3.05, 3.63) is 54.1 Å². The summed E-state index contributed by atoms with van der Waals surface area (Å²) in [4.78, 5) is 132. The molecule has 0 spiro atoms. The van der Waals surface area contributed by atoms with Crippen LogP contribution < -0.4 is 54.8 Å². The third-order valence-electron chi connectivity index (χ3n) is 10.6. The van der Waals surface area contributed by atoms with Gasteiger partial charge in [0.2, 0.25) is 53.2 Å². The maximum atomic E-state index is 14.3. The highest BCUT2D eigenvalue weighted by atomic mass is 35.5. The van der Waals surface area contributed by atoms with Crippen LogP contribution in [0.5, 0.6) is 0 Å². The minimum absolute atomic E-state index is 0. The number of imidazole rings is 1. The van der Waals surface area contributed by atoms with Gasteiger partial charge in [-0.15, -0.1) is 12.4 Å². The normalized spacial score (nSPS) is 17.8. The predicted octanol–water partition coefficient (Wildman–Crippen LogP) is -3.23. The van der Waals surface area contributed by atoms with Gasteiger partial charge in [-0.3, -0.25) is 48.1 Å². The number of rotatable bonds is 24. The van der Waals surface area contributed by atoms with Crippen molar-refractivity contribution in [2.45, 2.75) is 120 Å². The fraction of sp³-hybridized carbons (Fsp3) is 0.537. The van der Waals surface area contributed by atoms with Crippen molar-refractivity contribution in [1.82, 2.24) is 46.8 Å². The molecule has 15 N–H and O–H groups in total. The Morgan fingerprint density at radius 2 is 1.43 bits per heavy atom. The molecular formula is C41H61ClN14O9. The number of nitrogens with one attached hydrogen (secondary N) is 7. The van der Waals surface area contributed by atoms with Gasteiger partial charge < -0.3 is 64.7 Å². The number of aromatic amines is 1. The van der Waals surface area contributed by atoms with Crippen molar-refractivity contribution in [2.75, 3.05) is 13.1 Å². The van der Waals surface area contributed by atoms with E-state index in [-0.39, 0.29) is 88.2 Å². The van der Waals surface area contributed by atoms with Crippen molar-refractivity contribution in [2.24, 2.45) is 33.8 Å². The van der Waals surface area contributed by atoms with Crippen LogP contribution in [0.25, 0.3) is 0 Å². The number of benzene rings is 1. The van der Waals surface area contributed by atoms with Crippen LogP contribution >= 0.6 is 12.4 Å². The Balaban J connectivity index is 0.0000112. The van der Waals surface area contributed by atoms with Crippen molar-refractivity contribution < 1.29 is 43.2 Å². The topological polar surface area (TPSA) is 374 Å². The van der Waals surface area contributed by atoms with Crippen LogP contribution in [-0.4, -0.2) is 129 Å². The van der Waals surface area contributed by atoms with E-state index in [9.17, 15) is 43.2 Å². The molecule has 1 aromatic heterocycles. The predicted molar refractivity (Wildman–Crippen MR) is 238 cm³/mol. The summed E-state index contributed by atoms with van der Waals surface area (Å²) in [5, 5.41) is 15.7. The molecule has 24 heteroatoms. The summed E-state index contributed by atoms with van der Waals surface area (Å²) in [5.41, 5.74) is 23.0. The second-order valence-corrected chi connectivity index (χ2v) is 16.3. The van der Waals surface area contributed by atoms with Crippen LogP contribution in [0.1, 0.15) is 76.5 Å². The average molecular weight is 929 g/mol. The van der Waals surface area contributed by atoms with E-state index in [1.165, 1.54) is 17.4 Å². The Kier molecular flexibility index (Phi) is 20.6. The summed E-state index contributed by atoms with van der Waals surface area (Å²) in [5.74, 6) is -6.81. The van der Waals surface area contributed by atoms with Crippen LogP contribution in [0.4, 0.5) is 0 Å². The maximum Gasteiger partial charge on any atom is 0.245 e. The number of halogens is 1. The first-order valence-corrected chi connectivity index (χ1v) is 21.2. The molecule has 4 rings (SSSR count). The maximum absolute atomic E-state index is 14.3. The number of aromatic nitrogens is 2. The summed E-state index contributed by atoms with van der Waals surface area (Å²) in [7, 11) is 0. The van der Waals surface area contributed by atoms with Crippen LogP contribution in [0, 0.1) is 5.92 Å². The fourth-order valence-corrected chi connectivity index (χ4v) is 7.46. The quantitative estimate of drug-likeness (QED) is 0.0281. The van der Waals surface area contributed by atoms with Crippen LogP contribution in [0.3, 0.4) is 0 Å². The number of carbonyl (C=O) groups excluding carboxylic acids is 9. The molecule has 3 heterocycles. The number of primary amides is 2. The molecule has 9 amide bonds. The molecule has 0 saturated carbocycles. The van der Waals surface area contributed by atoms with Crippen molar-refractivity contribution in [3.63, 3.8) is 0 Å². The molecule has 7 atom stereocenters. The molecule has 2 fully saturated rings. The monoisotopic (exact) mass is 928 g/mol. The lowest BCUT2D eigenvalue weighted by atomic mass is 10.0. The first kappa shape index (κ1) is 52.6. The largest absolute Gasteiger partial charge is 0.370 e. The molecule has 0 bridgehead atoms. The Labute approximate surface area is 382 Å². The smallest absolute Gasteiger partial charge is 0.245 e. The second-order valence-electron chi connectivity index (χ2n) is 16.3. The van der Waals surface area contributed by atoms with Gasteiger partial charge in [0.1, 0.15) is 42.3 Å². The zero-order valence-electron chi connectivity index (χ0n) is 36.4. The van der Waals surface area contributed by atoms with E-state index in [0.29, 0.717) is 24.1 Å². The Morgan fingerprint density at radius 3 is 2.00 bits per heavy atom. The highest BCUT2D eigenvalue weighted by Crippen LogP contribution is 2.20. The zero-order valence-corrected chi connectivity index (χ0v) is 37.2. The molecule has 1 aromatic carbocycles. The highest BCUT2D eigenvalue weighted by molar-refractivity contribution is 5.99. The van der Waals surface area contributed by atoms with Gasteiger partial charge in [0.05, 0.1) is 12.7 Å². The molecule has 0 radical (unpaired) electrons. The number of nitrogens with two attached hydrogens (primary N) is 4. The molecule has 0 unspecified atom stereocenters. The van der Waals surface area contributed by atoms with E-state index in [4.69, 9.17) is 22.9 Å². The van der Waals surface area contributed by atoms with E-state index in [0.717, 1.165) is 0 Å². The highest BCUT2D eigenvalue weighted by Gasteiger charge is 2.39. The number of H-pyrrole nitrogens is 1. The number of likely N-dealkylation sites (tertiary alicyclic amines) is 1. The molecule has 2 aliphatic rings. The summed E-state index contributed by atoms with van der Waals surface area (Å²) in [6.45, 7) is 4.05. The lowest BCUT2D eigenvalue weighted by molar-refractivity contribution is -0.141. The van der Waals surface area contributed by atoms with Crippen molar-refractivity contribution >= 4 is 71.5 Å². The Bertz CT molecular complexity index is 2020. The average Bonchev–Trinajstić information content (AvgIpc) is 4.04. The third-order valence-corrected chi connectivity index (χ3v) is 10.6. The van der Waals surface area contributed by atoms with E-state index in [1.807, 2.05) is 13.8 Å². The second kappa shape index (κ2) is 25.5. The van der Waals surface area contributed by atoms with Crippen LogP contribution in [0.2, 0.25) is 0 Å². The van der Waals surface area contributed by atoms with Gasteiger partial charge in [0.15, 0.2) is 5.96 Å². The van der Waals surface area contributed by atoms with E-state index in [2.05, 4.69) is 46.9 Å². The summed E-state index contributed by atoms with van der Waals surface area (Å²) in [6.07, 6.45) is 3.56. The zero-order chi connectivity index (χ0) is 46.9. The first-order valence-electron chi connectivity index (χ1n) is 21.2. The number of hydrogen-bond donors (Lipinski definition) is 11. The number of nitrogens with zero attached hydrogens (tertiary/aromatic N) is 3. The van der Waals surface area contributed by atoms with Gasteiger partial charge in [-0.05, 0) is 50.0 Å². The summed E-state index contributed by atoms with van der Waals surface area (Å²) >= 11 is 0. The SMILES string of the molecule is CC(C)C[C@H](NC(=O)[C@H](Cc1cnc[nH]1)NC(=O)[C@H](Cc1ccccc1)NC(=O)[C@H](CC(N)=O)NC(=O)[C@@H]1CCC(=O)N1)C(=O)N[C@@H](CCCN=C(N)N)C(=O)N1CCC[C@H]1C(N)=O.Cl.